The Balaban J connectivity index is 1.71. The van der Waals surface area contributed by atoms with Crippen molar-refractivity contribution < 1.29 is 19.4 Å². The highest BCUT2D eigenvalue weighted by Gasteiger charge is 2.33. The third-order valence-corrected chi connectivity index (χ3v) is 6.75. The normalized spacial score (nSPS) is 16.9. The van der Waals surface area contributed by atoms with E-state index in [1.54, 1.807) is 18.4 Å². The van der Waals surface area contributed by atoms with E-state index < -0.39 is 6.10 Å². The van der Waals surface area contributed by atoms with E-state index in [0.29, 0.717) is 39.3 Å². The van der Waals surface area contributed by atoms with Gasteiger partial charge in [-0.25, -0.2) is 0 Å². The fraction of sp³-hybridized carbons (Fsp3) is 0.542. The van der Waals surface area contributed by atoms with Crippen LogP contribution in [0, 0.1) is 6.92 Å². The molecule has 2 heterocycles. The third kappa shape index (κ3) is 6.53. The maximum atomic E-state index is 13.3. The second-order valence-corrected chi connectivity index (χ2v) is 9.07. The van der Waals surface area contributed by atoms with E-state index >= 15 is 0 Å². The Morgan fingerprint density at radius 1 is 1.32 bits per heavy atom. The van der Waals surface area contributed by atoms with Crippen LogP contribution < -0.4 is 4.74 Å². The van der Waals surface area contributed by atoms with E-state index in [9.17, 15) is 9.90 Å². The Bertz CT molecular complexity index is 823. The SMILES string of the molecule is CC[C@@H](O)CN(CCOC)CC(=O)N1CCc2sccc2[C@@H]1COc1ccc(C)cc1. The monoisotopic (exact) mass is 446 g/mol. The first-order chi connectivity index (χ1) is 15.0. The summed E-state index contributed by atoms with van der Waals surface area (Å²) < 4.78 is 11.3. The molecule has 3 rings (SSSR count). The number of ether oxygens (including phenoxy) is 2. The number of aryl methyl sites for hydroxylation is 1. The van der Waals surface area contributed by atoms with E-state index in [0.717, 1.165) is 12.2 Å². The van der Waals surface area contributed by atoms with Gasteiger partial charge >= 0.3 is 0 Å². The Hall–Kier alpha value is -1.93. The van der Waals surface area contributed by atoms with E-state index in [-0.39, 0.29) is 18.5 Å². The highest BCUT2D eigenvalue weighted by atomic mass is 32.1. The molecule has 31 heavy (non-hydrogen) atoms. The predicted molar refractivity (Wildman–Crippen MR) is 124 cm³/mol. The number of carbonyl (C=O) groups excluding carboxylic acids is 1. The fourth-order valence-electron chi connectivity index (χ4n) is 3.85. The molecular formula is C24H34N2O4S. The highest BCUT2D eigenvalue weighted by Crippen LogP contribution is 2.34. The van der Waals surface area contributed by atoms with Crippen LogP contribution in [0.2, 0.25) is 0 Å². The number of methoxy groups -OCH3 is 1. The lowest BCUT2D eigenvalue weighted by molar-refractivity contribution is -0.136. The van der Waals surface area contributed by atoms with Crippen LogP contribution in [0.5, 0.6) is 5.75 Å². The molecule has 2 atom stereocenters. The van der Waals surface area contributed by atoms with Crippen molar-refractivity contribution >= 4 is 17.2 Å². The second kappa shape index (κ2) is 11.6. The quantitative estimate of drug-likeness (QED) is 0.574. The van der Waals surface area contributed by atoms with Crippen LogP contribution in [0.15, 0.2) is 35.7 Å². The van der Waals surface area contributed by atoms with Gasteiger partial charge in [0.25, 0.3) is 0 Å². The zero-order valence-electron chi connectivity index (χ0n) is 18.8. The van der Waals surface area contributed by atoms with Crippen molar-refractivity contribution in [3.8, 4) is 5.75 Å². The molecule has 1 aliphatic heterocycles. The number of fused-ring (bicyclic) bond motifs is 1. The molecule has 0 aliphatic carbocycles. The first-order valence-corrected chi connectivity index (χ1v) is 11.8. The Kier molecular flexibility index (Phi) is 8.90. The lowest BCUT2D eigenvalue weighted by Gasteiger charge is -2.37. The van der Waals surface area contributed by atoms with Gasteiger partial charge in [0.2, 0.25) is 5.91 Å². The first kappa shape index (κ1) is 23.7. The van der Waals surface area contributed by atoms with E-state index in [4.69, 9.17) is 9.47 Å². The lowest BCUT2D eigenvalue weighted by atomic mass is 10.0. The average Bonchev–Trinajstić information content (AvgIpc) is 3.25. The molecule has 0 unspecified atom stereocenters. The van der Waals surface area contributed by atoms with Gasteiger partial charge in [-0.05, 0) is 48.9 Å². The van der Waals surface area contributed by atoms with Crippen molar-refractivity contribution in [1.82, 2.24) is 9.80 Å². The molecule has 2 aromatic rings. The van der Waals surface area contributed by atoms with E-state index in [1.165, 1.54) is 16.0 Å². The number of thiophene rings is 1. The standard InChI is InChI=1S/C24H34N2O4S/c1-4-19(27)15-25(12-13-29-3)16-24(28)26-11-9-23-21(10-14-31-23)22(26)17-30-20-7-5-18(2)6-8-20/h5-8,10,14,19,22,27H,4,9,11-13,15-17H2,1-3H3/t19-,22+/m1/s1. The molecule has 0 spiro atoms. The Morgan fingerprint density at radius 3 is 2.81 bits per heavy atom. The number of amides is 1. The molecule has 0 saturated carbocycles. The van der Waals surface area contributed by atoms with Gasteiger partial charge in [0.15, 0.2) is 0 Å². The van der Waals surface area contributed by atoms with Gasteiger partial charge in [-0.3, -0.25) is 9.69 Å². The lowest BCUT2D eigenvalue weighted by Crippen LogP contribution is -2.48. The Labute approximate surface area is 189 Å². The summed E-state index contributed by atoms with van der Waals surface area (Å²) in [7, 11) is 1.65. The van der Waals surface area contributed by atoms with Gasteiger partial charge in [0, 0.05) is 31.6 Å². The summed E-state index contributed by atoms with van der Waals surface area (Å²) in [5, 5.41) is 12.2. The van der Waals surface area contributed by atoms with Crippen LogP contribution >= 0.6 is 11.3 Å². The van der Waals surface area contributed by atoms with Gasteiger partial charge in [-0.1, -0.05) is 24.6 Å². The van der Waals surface area contributed by atoms with Crippen LogP contribution in [0.3, 0.4) is 0 Å². The fourth-order valence-corrected chi connectivity index (χ4v) is 4.78. The van der Waals surface area contributed by atoms with Crippen LogP contribution in [0.4, 0.5) is 0 Å². The minimum atomic E-state index is -0.449. The average molecular weight is 447 g/mol. The van der Waals surface area contributed by atoms with Crippen molar-refractivity contribution in [2.24, 2.45) is 0 Å². The summed E-state index contributed by atoms with van der Waals surface area (Å²) in [6.07, 6.45) is 1.08. The number of aliphatic hydroxyl groups excluding tert-OH is 1. The summed E-state index contributed by atoms with van der Waals surface area (Å²) in [5.41, 5.74) is 2.38. The maximum Gasteiger partial charge on any atom is 0.237 e. The Morgan fingerprint density at radius 2 is 2.10 bits per heavy atom. The summed E-state index contributed by atoms with van der Waals surface area (Å²) in [6.45, 7) is 6.97. The third-order valence-electron chi connectivity index (χ3n) is 5.75. The number of nitrogens with zero attached hydrogens (tertiary/aromatic N) is 2. The summed E-state index contributed by atoms with van der Waals surface area (Å²) in [4.78, 5) is 18.6. The largest absolute Gasteiger partial charge is 0.491 e. The van der Waals surface area contributed by atoms with Crippen LogP contribution in [0.1, 0.15) is 35.4 Å². The molecule has 0 saturated heterocycles. The van der Waals surface area contributed by atoms with Gasteiger partial charge < -0.3 is 19.5 Å². The minimum absolute atomic E-state index is 0.0637. The first-order valence-electron chi connectivity index (χ1n) is 11.0. The van der Waals surface area contributed by atoms with Gasteiger partial charge in [0.1, 0.15) is 12.4 Å². The number of rotatable bonds is 11. The van der Waals surface area contributed by atoms with Crippen LogP contribution in [-0.2, 0) is 16.0 Å². The van der Waals surface area contributed by atoms with Crippen molar-refractivity contribution in [3.05, 3.63) is 51.7 Å². The highest BCUT2D eigenvalue weighted by molar-refractivity contribution is 7.10. The molecule has 1 aromatic carbocycles. The second-order valence-electron chi connectivity index (χ2n) is 8.07. The molecule has 7 heteroatoms. The van der Waals surface area contributed by atoms with Crippen molar-refractivity contribution in [1.29, 1.82) is 0 Å². The zero-order chi connectivity index (χ0) is 22.2. The number of aliphatic hydroxyl groups is 1. The molecule has 170 valence electrons. The predicted octanol–water partition coefficient (Wildman–Crippen LogP) is 3.28. The van der Waals surface area contributed by atoms with Crippen LogP contribution in [0.25, 0.3) is 0 Å². The minimum Gasteiger partial charge on any atom is -0.491 e. The van der Waals surface area contributed by atoms with Crippen molar-refractivity contribution in [3.63, 3.8) is 0 Å². The summed E-state index contributed by atoms with van der Waals surface area (Å²) in [5.74, 6) is 0.877. The van der Waals surface area contributed by atoms with Gasteiger partial charge in [-0.15, -0.1) is 11.3 Å². The maximum absolute atomic E-state index is 13.3. The van der Waals surface area contributed by atoms with Crippen LogP contribution in [-0.4, -0.2) is 73.4 Å². The number of hydrogen-bond acceptors (Lipinski definition) is 6. The molecule has 1 aliphatic rings. The molecule has 0 bridgehead atoms. The van der Waals surface area contributed by atoms with E-state index in [1.807, 2.05) is 47.9 Å². The molecule has 1 amide bonds. The topological polar surface area (TPSA) is 62.2 Å². The van der Waals surface area contributed by atoms with Gasteiger partial charge in [0.05, 0.1) is 25.3 Å². The number of carbonyl (C=O) groups is 1. The molecule has 6 nitrogen and oxygen atoms in total. The number of hydrogen-bond donors (Lipinski definition) is 1. The summed E-state index contributed by atoms with van der Waals surface area (Å²) in [6, 6.07) is 10.0. The van der Waals surface area contributed by atoms with Crippen molar-refractivity contribution in [2.45, 2.75) is 38.8 Å². The summed E-state index contributed by atoms with van der Waals surface area (Å²) >= 11 is 1.75. The molecule has 0 fully saturated rings. The zero-order valence-corrected chi connectivity index (χ0v) is 19.6. The van der Waals surface area contributed by atoms with Crippen molar-refractivity contribution in [2.75, 3.05) is 46.5 Å². The molecule has 1 N–H and O–H groups in total. The number of benzene rings is 1. The molecule has 0 radical (unpaired) electrons. The molecular weight excluding hydrogens is 412 g/mol. The van der Waals surface area contributed by atoms with E-state index in [2.05, 4.69) is 11.4 Å². The smallest absolute Gasteiger partial charge is 0.237 e. The van der Waals surface area contributed by atoms with Gasteiger partial charge in [-0.2, -0.15) is 0 Å². The molecule has 1 aromatic heterocycles.